The summed E-state index contributed by atoms with van der Waals surface area (Å²) in [5, 5.41) is 12.0. The highest BCUT2D eigenvalue weighted by Crippen LogP contribution is 2.36. The highest BCUT2D eigenvalue weighted by Gasteiger charge is 2.22. The molecule has 0 atom stereocenters. The number of aromatic nitrogens is 4. The van der Waals surface area contributed by atoms with Crippen LogP contribution >= 0.6 is 0 Å². The molecule has 5 aromatic rings. The van der Waals surface area contributed by atoms with Gasteiger partial charge in [0.2, 0.25) is 0 Å². The summed E-state index contributed by atoms with van der Waals surface area (Å²) >= 11 is 0. The average molecular weight is 507 g/mol. The van der Waals surface area contributed by atoms with Crippen molar-refractivity contribution >= 4 is 27.6 Å². The van der Waals surface area contributed by atoms with Crippen LogP contribution in [-0.2, 0) is 11.8 Å². The molecule has 0 spiro atoms. The van der Waals surface area contributed by atoms with Crippen molar-refractivity contribution < 1.29 is 14.6 Å². The molecule has 1 saturated heterocycles. The fourth-order valence-corrected chi connectivity index (χ4v) is 5.25. The van der Waals surface area contributed by atoms with Gasteiger partial charge in [0, 0.05) is 71.7 Å². The largest absolute Gasteiger partial charge is 0.477 e. The zero-order valence-electron chi connectivity index (χ0n) is 21.1. The second-order valence-corrected chi connectivity index (χ2v) is 9.74. The number of aryl methyl sites for hydroxylation is 2. The van der Waals surface area contributed by atoms with Crippen LogP contribution in [0.4, 0.5) is 0 Å². The van der Waals surface area contributed by atoms with Crippen molar-refractivity contribution in [2.24, 2.45) is 7.05 Å². The molecule has 8 nitrogen and oxygen atoms in total. The lowest BCUT2D eigenvalue weighted by molar-refractivity contribution is 0.0690. The van der Waals surface area contributed by atoms with Gasteiger partial charge in [-0.05, 0) is 55.5 Å². The van der Waals surface area contributed by atoms with E-state index in [0.29, 0.717) is 24.5 Å². The van der Waals surface area contributed by atoms with Crippen molar-refractivity contribution in [2.45, 2.75) is 25.7 Å². The molecule has 1 aromatic carbocycles. The summed E-state index contributed by atoms with van der Waals surface area (Å²) in [5.74, 6) is -0.799. The van der Waals surface area contributed by atoms with Gasteiger partial charge in [0.05, 0.1) is 16.9 Å². The summed E-state index contributed by atoms with van der Waals surface area (Å²) in [6.45, 7) is 3.24. The van der Waals surface area contributed by atoms with Crippen molar-refractivity contribution in [3.8, 4) is 22.5 Å². The molecule has 1 fully saturated rings. The molecule has 1 aliphatic rings. The van der Waals surface area contributed by atoms with Gasteiger partial charge in [-0.2, -0.15) is 0 Å². The molecule has 0 saturated carbocycles. The Labute approximate surface area is 218 Å². The summed E-state index contributed by atoms with van der Waals surface area (Å²) in [5.41, 5.74) is 5.68. The molecule has 0 radical (unpaired) electrons. The Morgan fingerprint density at radius 3 is 2.58 bits per heavy atom. The average Bonchev–Trinajstić information content (AvgIpc) is 2.95. The van der Waals surface area contributed by atoms with E-state index in [0.717, 1.165) is 57.0 Å². The van der Waals surface area contributed by atoms with Crippen LogP contribution in [0, 0.1) is 6.92 Å². The standard InChI is InChI=1S/C30H26N4O4/c1-17-12-22-27(34(2)29(17)35)14-26(18-8-10-38-11-9-18)33-28(22)21-5-3-4-19-13-25(32-16-23(19)21)20-6-7-24(30(36)37)31-15-20/h3-7,12-16,18H,8-11H2,1-2H3,(H,36,37). The van der Waals surface area contributed by atoms with E-state index in [4.69, 9.17) is 19.8 Å². The molecule has 6 rings (SSSR count). The zero-order chi connectivity index (χ0) is 26.4. The number of rotatable bonds is 4. The van der Waals surface area contributed by atoms with Gasteiger partial charge in [0.1, 0.15) is 5.69 Å². The summed E-state index contributed by atoms with van der Waals surface area (Å²) in [7, 11) is 1.82. The number of hydrogen-bond acceptors (Lipinski definition) is 6. The molecule has 190 valence electrons. The van der Waals surface area contributed by atoms with Gasteiger partial charge < -0.3 is 14.4 Å². The molecule has 0 bridgehead atoms. The minimum atomic E-state index is -1.07. The van der Waals surface area contributed by atoms with E-state index in [2.05, 4.69) is 11.1 Å². The second-order valence-electron chi connectivity index (χ2n) is 9.74. The maximum absolute atomic E-state index is 12.8. The Morgan fingerprint density at radius 1 is 1.03 bits per heavy atom. The Balaban J connectivity index is 1.54. The van der Waals surface area contributed by atoms with Gasteiger partial charge in [0.25, 0.3) is 5.56 Å². The fourth-order valence-electron chi connectivity index (χ4n) is 5.25. The third-order valence-electron chi connectivity index (χ3n) is 7.36. The van der Waals surface area contributed by atoms with Crippen LogP contribution in [0.1, 0.15) is 40.5 Å². The minimum absolute atomic E-state index is 0.0103. The molecule has 0 amide bonds. The van der Waals surface area contributed by atoms with Crippen LogP contribution in [0.25, 0.3) is 44.2 Å². The van der Waals surface area contributed by atoms with E-state index in [1.165, 1.54) is 12.3 Å². The second kappa shape index (κ2) is 9.46. The number of pyridine rings is 4. The number of fused-ring (bicyclic) bond motifs is 2. The normalized spacial score (nSPS) is 14.3. The molecule has 8 heteroatoms. The number of carboxylic acid groups (broad SMARTS) is 1. The fraction of sp³-hybridized carbons (Fsp3) is 0.233. The predicted molar refractivity (Wildman–Crippen MR) is 145 cm³/mol. The van der Waals surface area contributed by atoms with Crippen molar-refractivity contribution in [3.05, 3.63) is 88.2 Å². The number of nitrogens with zero attached hydrogens (tertiary/aromatic N) is 4. The maximum Gasteiger partial charge on any atom is 0.354 e. The molecule has 0 unspecified atom stereocenters. The number of benzene rings is 1. The first-order chi connectivity index (χ1) is 18.4. The molecule has 1 aliphatic heterocycles. The van der Waals surface area contributed by atoms with Gasteiger partial charge >= 0.3 is 5.97 Å². The van der Waals surface area contributed by atoms with Crippen LogP contribution in [0.3, 0.4) is 0 Å². The van der Waals surface area contributed by atoms with E-state index in [-0.39, 0.29) is 17.2 Å². The Morgan fingerprint density at radius 2 is 1.84 bits per heavy atom. The lowest BCUT2D eigenvalue weighted by Gasteiger charge is -2.23. The van der Waals surface area contributed by atoms with E-state index in [1.54, 1.807) is 10.6 Å². The number of carboxylic acids is 1. The van der Waals surface area contributed by atoms with Crippen LogP contribution < -0.4 is 5.56 Å². The lowest BCUT2D eigenvalue weighted by Crippen LogP contribution is -2.21. The van der Waals surface area contributed by atoms with Crippen LogP contribution in [0.15, 0.2) is 65.7 Å². The first-order valence-corrected chi connectivity index (χ1v) is 12.6. The molecule has 5 heterocycles. The Kier molecular flexibility index (Phi) is 5.96. The SMILES string of the molecule is Cc1cc2c(-c3cccc4cc(-c5ccc(C(=O)O)nc5)ncc34)nc(C3CCOCC3)cc2n(C)c1=O. The Bertz CT molecular complexity index is 1770. The van der Waals surface area contributed by atoms with Crippen molar-refractivity contribution in [2.75, 3.05) is 13.2 Å². The highest BCUT2D eigenvalue weighted by atomic mass is 16.5. The monoisotopic (exact) mass is 506 g/mol. The quantitative estimate of drug-likeness (QED) is 0.361. The summed E-state index contributed by atoms with van der Waals surface area (Å²) in [6.07, 6.45) is 5.14. The van der Waals surface area contributed by atoms with Crippen LogP contribution in [0.2, 0.25) is 0 Å². The maximum atomic E-state index is 12.8. The third kappa shape index (κ3) is 4.13. The predicted octanol–water partition coefficient (Wildman–Crippen LogP) is 5.11. The van der Waals surface area contributed by atoms with Gasteiger partial charge in [-0.25, -0.2) is 9.78 Å². The van der Waals surface area contributed by atoms with Gasteiger partial charge in [0.15, 0.2) is 0 Å². The summed E-state index contributed by atoms with van der Waals surface area (Å²) < 4.78 is 7.30. The zero-order valence-corrected chi connectivity index (χ0v) is 21.1. The minimum Gasteiger partial charge on any atom is -0.477 e. The topological polar surface area (TPSA) is 107 Å². The molecular weight excluding hydrogens is 480 g/mol. The number of aromatic carboxylic acids is 1. The molecule has 0 aliphatic carbocycles. The molecule has 1 N–H and O–H groups in total. The first kappa shape index (κ1) is 23.9. The van der Waals surface area contributed by atoms with Crippen LogP contribution in [-0.4, -0.2) is 43.8 Å². The molecular formula is C30H26N4O4. The van der Waals surface area contributed by atoms with Gasteiger partial charge in [-0.1, -0.05) is 18.2 Å². The molecule has 4 aromatic heterocycles. The summed E-state index contributed by atoms with van der Waals surface area (Å²) in [4.78, 5) is 37.9. The number of carbonyl (C=O) groups is 1. The van der Waals surface area contributed by atoms with Crippen molar-refractivity contribution in [3.63, 3.8) is 0 Å². The Hall–Kier alpha value is -4.43. The highest BCUT2D eigenvalue weighted by molar-refractivity contribution is 6.03. The van der Waals surface area contributed by atoms with E-state index in [9.17, 15) is 9.59 Å². The van der Waals surface area contributed by atoms with E-state index < -0.39 is 5.97 Å². The number of hydrogen-bond donors (Lipinski definition) is 1. The van der Waals surface area contributed by atoms with Crippen LogP contribution in [0.5, 0.6) is 0 Å². The smallest absolute Gasteiger partial charge is 0.354 e. The number of ether oxygens (including phenoxy) is 1. The van der Waals surface area contributed by atoms with E-state index in [1.807, 2.05) is 50.5 Å². The van der Waals surface area contributed by atoms with Gasteiger partial charge in [-0.15, -0.1) is 0 Å². The summed E-state index contributed by atoms with van der Waals surface area (Å²) in [6, 6.07) is 15.2. The van der Waals surface area contributed by atoms with Gasteiger partial charge in [-0.3, -0.25) is 14.8 Å². The lowest BCUT2D eigenvalue weighted by atomic mass is 9.93. The first-order valence-electron chi connectivity index (χ1n) is 12.6. The third-order valence-corrected chi connectivity index (χ3v) is 7.36. The van der Waals surface area contributed by atoms with E-state index >= 15 is 0 Å². The van der Waals surface area contributed by atoms with Crippen molar-refractivity contribution in [1.29, 1.82) is 0 Å². The van der Waals surface area contributed by atoms with Crippen molar-refractivity contribution in [1.82, 2.24) is 19.5 Å². The molecule has 38 heavy (non-hydrogen) atoms.